The van der Waals surface area contributed by atoms with E-state index in [4.69, 9.17) is 9.73 Å². The van der Waals surface area contributed by atoms with Gasteiger partial charge in [0.15, 0.2) is 5.96 Å². The van der Waals surface area contributed by atoms with Crippen LogP contribution < -0.4 is 5.32 Å². The largest absolute Gasteiger partial charge is 0.469 e. The van der Waals surface area contributed by atoms with Gasteiger partial charge in [0.05, 0.1) is 13.0 Å². The fourth-order valence-electron chi connectivity index (χ4n) is 4.70. The van der Waals surface area contributed by atoms with Crippen LogP contribution in [0.15, 0.2) is 35.3 Å². The average Bonchev–Trinajstić information content (AvgIpc) is 3.18. The van der Waals surface area contributed by atoms with E-state index in [1.54, 1.807) is 0 Å². The maximum Gasteiger partial charge on any atom is 0.310 e. The van der Waals surface area contributed by atoms with Crippen LogP contribution in [0.5, 0.6) is 0 Å². The minimum Gasteiger partial charge on any atom is -0.469 e. The van der Waals surface area contributed by atoms with Gasteiger partial charge in [-0.2, -0.15) is 0 Å². The maximum absolute atomic E-state index is 12.0. The van der Waals surface area contributed by atoms with Crippen LogP contribution >= 0.6 is 0 Å². The number of methoxy groups -OCH3 is 1. The second kappa shape index (κ2) is 11.5. The first-order valence-corrected chi connectivity index (χ1v) is 11.6. The zero-order valence-corrected chi connectivity index (χ0v) is 19.6. The molecule has 3 unspecified atom stereocenters. The van der Waals surface area contributed by atoms with Crippen LogP contribution in [0.3, 0.4) is 0 Å². The summed E-state index contributed by atoms with van der Waals surface area (Å²) in [7, 11) is 3.68. The molecule has 3 rings (SSSR count). The van der Waals surface area contributed by atoms with E-state index in [2.05, 4.69) is 71.2 Å². The van der Waals surface area contributed by atoms with E-state index in [9.17, 15) is 4.79 Å². The van der Waals surface area contributed by atoms with Gasteiger partial charge in [0, 0.05) is 58.4 Å². The third-order valence-corrected chi connectivity index (χ3v) is 6.49. The van der Waals surface area contributed by atoms with Crippen molar-refractivity contribution in [2.24, 2.45) is 16.8 Å². The molecule has 172 valence electrons. The molecule has 7 nitrogen and oxygen atoms in total. The van der Waals surface area contributed by atoms with Crippen LogP contribution in [0.2, 0.25) is 0 Å². The first-order chi connectivity index (χ1) is 15.0. The third kappa shape index (κ3) is 6.20. The number of likely N-dealkylation sites (N-methyl/N-ethyl adjacent to an activating group) is 1. The lowest BCUT2D eigenvalue weighted by atomic mass is 9.99. The normalized spacial score (nSPS) is 25.6. The predicted octanol–water partition coefficient (Wildman–Crippen LogP) is 2.07. The number of hydrogen-bond acceptors (Lipinski definition) is 5. The molecule has 1 aromatic carbocycles. The molecule has 0 bridgehead atoms. The summed E-state index contributed by atoms with van der Waals surface area (Å²) < 4.78 is 4.98. The number of rotatable bonds is 7. The lowest BCUT2D eigenvalue weighted by Crippen LogP contribution is -2.47. The number of ether oxygens (including phenoxy) is 1. The molecule has 1 N–H and O–H groups in total. The molecule has 1 aromatic rings. The molecule has 7 heteroatoms. The summed E-state index contributed by atoms with van der Waals surface area (Å²) in [6.07, 6.45) is 1.02. The monoisotopic (exact) mass is 429 g/mol. The molecule has 2 fully saturated rings. The molecule has 2 aliphatic heterocycles. The van der Waals surface area contributed by atoms with E-state index < -0.39 is 0 Å². The Labute approximate surface area is 187 Å². The van der Waals surface area contributed by atoms with Crippen molar-refractivity contribution < 1.29 is 9.53 Å². The summed E-state index contributed by atoms with van der Waals surface area (Å²) in [6, 6.07) is 11.3. The van der Waals surface area contributed by atoms with Crippen molar-refractivity contribution in [2.75, 3.05) is 66.5 Å². The predicted molar refractivity (Wildman–Crippen MR) is 125 cm³/mol. The van der Waals surface area contributed by atoms with Crippen LogP contribution in [-0.4, -0.2) is 93.1 Å². The summed E-state index contributed by atoms with van der Waals surface area (Å²) in [5.41, 5.74) is 1.39. The van der Waals surface area contributed by atoms with Crippen molar-refractivity contribution in [1.82, 2.24) is 20.0 Å². The number of aliphatic imine (C=N–C) groups is 1. The Morgan fingerprint density at radius 3 is 2.68 bits per heavy atom. The highest BCUT2D eigenvalue weighted by molar-refractivity contribution is 5.82. The second-order valence-electron chi connectivity index (χ2n) is 8.83. The Kier molecular flexibility index (Phi) is 8.72. The fourth-order valence-corrected chi connectivity index (χ4v) is 4.70. The van der Waals surface area contributed by atoms with E-state index in [0.29, 0.717) is 12.6 Å². The summed E-state index contributed by atoms with van der Waals surface area (Å²) in [5, 5.41) is 3.41. The fraction of sp³-hybridized carbons (Fsp3) is 0.667. The van der Waals surface area contributed by atoms with Gasteiger partial charge < -0.3 is 19.9 Å². The summed E-state index contributed by atoms with van der Waals surface area (Å²) >= 11 is 0. The second-order valence-corrected chi connectivity index (χ2v) is 8.83. The molecule has 0 aromatic heterocycles. The molecule has 0 amide bonds. The Balaban J connectivity index is 1.56. The molecular formula is C24H39N5O2. The van der Waals surface area contributed by atoms with Gasteiger partial charge in [0.25, 0.3) is 0 Å². The van der Waals surface area contributed by atoms with Crippen LogP contribution in [-0.2, 0) is 9.53 Å². The minimum absolute atomic E-state index is 0.0779. The quantitative estimate of drug-likeness (QED) is 0.310. The smallest absolute Gasteiger partial charge is 0.310 e. The number of carbonyl (C=O) groups excluding carboxylic acids is 1. The van der Waals surface area contributed by atoms with Crippen molar-refractivity contribution in [3.8, 4) is 0 Å². The lowest BCUT2D eigenvalue weighted by Gasteiger charge is -2.40. The number of hydrogen-bond donors (Lipinski definition) is 1. The highest BCUT2D eigenvalue weighted by Gasteiger charge is 2.36. The molecule has 0 saturated carbocycles. The number of carbonyl (C=O) groups is 1. The molecular weight excluding hydrogens is 390 g/mol. The van der Waals surface area contributed by atoms with Gasteiger partial charge in [0.1, 0.15) is 0 Å². The van der Waals surface area contributed by atoms with Gasteiger partial charge >= 0.3 is 5.97 Å². The van der Waals surface area contributed by atoms with Gasteiger partial charge in [-0.3, -0.25) is 14.7 Å². The Morgan fingerprint density at radius 2 is 1.97 bits per heavy atom. The van der Waals surface area contributed by atoms with E-state index in [-0.39, 0.29) is 17.8 Å². The van der Waals surface area contributed by atoms with E-state index in [1.807, 2.05) is 0 Å². The minimum atomic E-state index is -0.118. The van der Waals surface area contributed by atoms with Crippen molar-refractivity contribution in [3.05, 3.63) is 35.9 Å². The maximum atomic E-state index is 12.0. The topological polar surface area (TPSA) is 60.4 Å². The Morgan fingerprint density at radius 1 is 1.19 bits per heavy atom. The number of benzene rings is 1. The number of guanidine groups is 1. The first-order valence-electron chi connectivity index (χ1n) is 11.6. The van der Waals surface area contributed by atoms with Crippen molar-refractivity contribution in [2.45, 2.75) is 26.3 Å². The molecule has 0 aliphatic carbocycles. The summed E-state index contributed by atoms with van der Waals surface area (Å²) in [4.78, 5) is 24.2. The summed E-state index contributed by atoms with van der Waals surface area (Å²) in [6.45, 7) is 11.6. The van der Waals surface area contributed by atoms with Gasteiger partial charge in [-0.05, 0) is 31.9 Å². The number of nitrogens with one attached hydrogen (secondary N) is 1. The highest BCUT2D eigenvalue weighted by atomic mass is 16.5. The Bertz CT molecular complexity index is 726. The van der Waals surface area contributed by atoms with Crippen molar-refractivity contribution in [1.29, 1.82) is 0 Å². The molecule has 2 heterocycles. The standard InChI is InChI=1S/C24H39N5O2/c1-5-25-24(29-16-19(2)21(17-29)23(30)31-4)26-12-9-13-28-15-14-27(3)18-22(28)20-10-7-6-8-11-20/h6-8,10-11,19,21-22H,5,9,12-18H2,1-4H3,(H,25,26). The molecule has 0 radical (unpaired) electrons. The van der Waals surface area contributed by atoms with Crippen LogP contribution in [0.1, 0.15) is 31.9 Å². The summed E-state index contributed by atoms with van der Waals surface area (Å²) in [5.74, 6) is 0.991. The lowest BCUT2D eigenvalue weighted by molar-refractivity contribution is -0.145. The van der Waals surface area contributed by atoms with E-state index in [0.717, 1.165) is 58.2 Å². The number of piperazine rings is 1. The highest BCUT2D eigenvalue weighted by Crippen LogP contribution is 2.25. The van der Waals surface area contributed by atoms with Gasteiger partial charge in [-0.15, -0.1) is 0 Å². The first kappa shape index (κ1) is 23.5. The zero-order valence-electron chi connectivity index (χ0n) is 19.6. The molecule has 31 heavy (non-hydrogen) atoms. The number of likely N-dealkylation sites (tertiary alicyclic amines) is 1. The van der Waals surface area contributed by atoms with Gasteiger partial charge in [0.2, 0.25) is 0 Å². The van der Waals surface area contributed by atoms with E-state index >= 15 is 0 Å². The van der Waals surface area contributed by atoms with Gasteiger partial charge in [-0.25, -0.2) is 0 Å². The Hall–Kier alpha value is -2.12. The SMILES string of the molecule is CCNC(=NCCCN1CCN(C)CC1c1ccccc1)N1CC(C)C(C(=O)OC)C1. The molecule has 2 saturated heterocycles. The van der Waals surface area contributed by atoms with Crippen molar-refractivity contribution >= 4 is 11.9 Å². The molecule has 3 atom stereocenters. The van der Waals surface area contributed by atoms with Gasteiger partial charge in [-0.1, -0.05) is 37.3 Å². The van der Waals surface area contributed by atoms with Crippen LogP contribution in [0, 0.1) is 11.8 Å². The molecule has 2 aliphatic rings. The van der Waals surface area contributed by atoms with Crippen LogP contribution in [0.25, 0.3) is 0 Å². The van der Waals surface area contributed by atoms with E-state index in [1.165, 1.54) is 12.7 Å². The van der Waals surface area contributed by atoms with Crippen molar-refractivity contribution in [3.63, 3.8) is 0 Å². The van der Waals surface area contributed by atoms with Crippen LogP contribution in [0.4, 0.5) is 0 Å². The average molecular weight is 430 g/mol. The zero-order chi connectivity index (χ0) is 22.2. The molecule has 0 spiro atoms. The number of nitrogens with zero attached hydrogens (tertiary/aromatic N) is 4. The third-order valence-electron chi connectivity index (χ3n) is 6.49. The number of esters is 1.